The molecule has 0 saturated carbocycles. The maximum atomic E-state index is 11.2. The van der Waals surface area contributed by atoms with E-state index >= 15 is 0 Å². The monoisotopic (exact) mass is 272 g/mol. The normalized spacial score (nSPS) is 10.8. The molecule has 0 aliphatic rings. The van der Waals surface area contributed by atoms with Crippen molar-refractivity contribution in [3.8, 4) is 0 Å². The molecule has 100 valence electrons. The Bertz CT molecular complexity index is 459. The van der Waals surface area contributed by atoms with E-state index in [4.69, 9.17) is 9.84 Å². The summed E-state index contributed by atoms with van der Waals surface area (Å²) in [5.74, 6) is -1.07. The number of nitrogens with zero attached hydrogens (tertiary/aromatic N) is 2. The van der Waals surface area contributed by atoms with E-state index in [1.807, 2.05) is 13.8 Å². The number of carboxylic acid groups (broad SMARTS) is 1. The lowest BCUT2D eigenvalue weighted by molar-refractivity contribution is -0.133. The second-order valence-electron chi connectivity index (χ2n) is 3.84. The van der Waals surface area contributed by atoms with Crippen LogP contribution < -0.4 is 5.56 Å². The molecule has 0 aromatic carbocycles. The Kier molecular flexibility index (Phi) is 5.87. The number of hydrogen-bond donors (Lipinski definition) is 1. The standard InChI is InChI=1S/C11H16N2O4S/c1-8(2)17-6-5-13-4-3-9(14)12-11(13)18-7-10(15)16/h3-4,8H,5-7H2,1-2H3,(H,15,16). The molecule has 7 heteroatoms. The Balaban J connectivity index is 2.69. The third-order valence-electron chi connectivity index (χ3n) is 1.96. The quantitative estimate of drug-likeness (QED) is 0.585. The van der Waals surface area contributed by atoms with Gasteiger partial charge in [0.25, 0.3) is 5.56 Å². The van der Waals surface area contributed by atoms with Gasteiger partial charge in [0.2, 0.25) is 0 Å². The van der Waals surface area contributed by atoms with Gasteiger partial charge in [0.15, 0.2) is 5.16 Å². The van der Waals surface area contributed by atoms with Gasteiger partial charge in [0.05, 0.1) is 18.5 Å². The summed E-state index contributed by atoms with van der Waals surface area (Å²) in [6, 6.07) is 1.35. The maximum absolute atomic E-state index is 11.2. The number of carboxylic acids is 1. The third-order valence-corrected chi connectivity index (χ3v) is 2.93. The predicted molar refractivity (Wildman–Crippen MR) is 67.9 cm³/mol. The summed E-state index contributed by atoms with van der Waals surface area (Å²) in [5.41, 5.74) is -0.371. The summed E-state index contributed by atoms with van der Waals surface area (Å²) in [7, 11) is 0. The van der Waals surface area contributed by atoms with Crippen LogP contribution in [0.15, 0.2) is 22.2 Å². The van der Waals surface area contributed by atoms with Crippen LogP contribution in [-0.2, 0) is 16.1 Å². The van der Waals surface area contributed by atoms with Crippen molar-refractivity contribution in [2.45, 2.75) is 31.7 Å². The van der Waals surface area contributed by atoms with Gasteiger partial charge in [-0.1, -0.05) is 11.8 Å². The van der Waals surface area contributed by atoms with E-state index < -0.39 is 5.97 Å². The van der Waals surface area contributed by atoms with Gasteiger partial charge in [-0.05, 0) is 13.8 Å². The number of aliphatic carboxylic acids is 1. The zero-order chi connectivity index (χ0) is 13.5. The van der Waals surface area contributed by atoms with Crippen molar-refractivity contribution in [1.29, 1.82) is 0 Å². The molecule has 0 spiro atoms. The molecule has 0 atom stereocenters. The van der Waals surface area contributed by atoms with E-state index in [0.29, 0.717) is 18.3 Å². The average molecular weight is 272 g/mol. The van der Waals surface area contributed by atoms with Crippen LogP contribution in [0, 0.1) is 0 Å². The van der Waals surface area contributed by atoms with Crippen LogP contribution >= 0.6 is 11.8 Å². The molecule has 1 N–H and O–H groups in total. The Hall–Kier alpha value is -1.34. The minimum Gasteiger partial charge on any atom is -0.481 e. The van der Waals surface area contributed by atoms with E-state index in [1.165, 1.54) is 6.07 Å². The molecule has 6 nitrogen and oxygen atoms in total. The average Bonchev–Trinajstić information content (AvgIpc) is 2.28. The first kappa shape index (κ1) is 14.7. The summed E-state index contributed by atoms with van der Waals surface area (Å²) >= 11 is 1.02. The topological polar surface area (TPSA) is 81.4 Å². The van der Waals surface area contributed by atoms with Crippen LogP contribution in [0.4, 0.5) is 0 Å². The number of carbonyl (C=O) groups is 1. The van der Waals surface area contributed by atoms with Gasteiger partial charge in [0, 0.05) is 18.8 Å². The van der Waals surface area contributed by atoms with Gasteiger partial charge in [-0.15, -0.1) is 0 Å². The lowest BCUT2D eigenvalue weighted by Crippen LogP contribution is -2.17. The summed E-state index contributed by atoms with van der Waals surface area (Å²) < 4.78 is 7.12. The zero-order valence-electron chi connectivity index (χ0n) is 10.3. The summed E-state index contributed by atoms with van der Waals surface area (Å²) in [6.45, 7) is 4.89. The maximum Gasteiger partial charge on any atom is 0.313 e. The van der Waals surface area contributed by atoms with Crippen LogP contribution in [0.3, 0.4) is 0 Å². The highest BCUT2D eigenvalue weighted by Gasteiger charge is 2.07. The number of hydrogen-bond acceptors (Lipinski definition) is 5. The fourth-order valence-electron chi connectivity index (χ4n) is 1.21. The van der Waals surface area contributed by atoms with Crippen molar-refractivity contribution in [3.63, 3.8) is 0 Å². The summed E-state index contributed by atoms with van der Waals surface area (Å²) in [4.78, 5) is 25.5. The van der Waals surface area contributed by atoms with Gasteiger partial charge >= 0.3 is 5.97 Å². The van der Waals surface area contributed by atoms with Crippen molar-refractivity contribution in [2.75, 3.05) is 12.4 Å². The lowest BCUT2D eigenvalue weighted by Gasteiger charge is -2.12. The van der Waals surface area contributed by atoms with Gasteiger partial charge in [-0.2, -0.15) is 4.98 Å². The SMILES string of the molecule is CC(C)OCCn1ccc(=O)nc1SCC(=O)O. The Morgan fingerprint density at radius 1 is 1.61 bits per heavy atom. The second kappa shape index (κ2) is 7.17. The van der Waals surface area contributed by atoms with Crippen LogP contribution in [0.5, 0.6) is 0 Å². The molecule has 1 heterocycles. The smallest absolute Gasteiger partial charge is 0.313 e. The number of thioether (sulfide) groups is 1. The largest absolute Gasteiger partial charge is 0.481 e. The molecular formula is C11H16N2O4S. The molecule has 0 amide bonds. The van der Waals surface area contributed by atoms with Crippen molar-refractivity contribution >= 4 is 17.7 Å². The Morgan fingerprint density at radius 2 is 2.33 bits per heavy atom. The van der Waals surface area contributed by atoms with Crippen LogP contribution in [0.25, 0.3) is 0 Å². The third kappa shape index (κ3) is 5.33. The molecule has 1 aromatic rings. The predicted octanol–water partition coefficient (Wildman–Crippen LogP) is 0.845. The summed E-state index contributed by atoms with van der Waals surface area (Å²) in [6.07, 6.45) is 1.73. The van der Waals surface area contributed by atoms with Gasteiger partial charge in [-0.25, -0.2) is 0 Å². The Morgan fingerprint density at radius 3 is 2.94 bits per heavy atom. The molecule has 1 rings (SSSR count). The molecule has 18 heavy (non-hydrogen) atoms. The first-order valence-electron chi connectivity index (χ1n) is 5.52. The van der Waals surface area contributed by atoms with E-state index in [1.54, 1.807) is 10.8 Å². The second-order valence-corrected chi connectivity index (χ2v) is 4.79. The number of aromatic nitrogens is 2. The van der Waals surface area contributed by atoms with Gasteiger partial charge in [-0.3, -0.25) is 9.59 Å². The van der Waals surface area contributed by atoms with E-state index in [2.05, 4.69) is 4.98 Å². The molecule has 0 bridgehead atoms. The molecule has 0 radical (unpaired) electrons. The van der Waals surface area contributed by atoms with Gasteiger partial charge in [0.1, 0.15) is 0 Å². The van der Waals surface area contributed by atoms with Crippen LogP contribution in [0.2, 0.25) is 0 Å². The molecule has 0 fully saturated rings. The van der Waals surface area contributed by atoms with Crippen molar-refractivity contribution in [2.24, 2.45) is 0 Å². The first-order valence-corrected chi connectivity index (χ1v) is 6.51. The van der Waals surface area contributed by atoms with E-state index in [-0.39, 0.29) is 17.4 Å². The number of rotatable bonds is 7. The van der Waals surface area contributed by atoms with Crippen molar-refractivity contribution < 1.29 is 14.6 Å². The van der Waals surface area contributed by atoms with E-state index in [9.17, 15) is 9.59 Å². The molecule has 0 aliphatic carbocycles. The highest BCUT2D eigenvalue weighted by molar-refractivity contribution is 7.99. The lowest BCUT2D eigenvalue weighted by atomic mass is 10.5. The minimum atomic E-state index is -0.942. The van der Waals surface area contributed by atoms with Crippen LogP contribution in [-0.4, -0.2) is 39.1 Å². The fraction of sp³-hybridized carbons (Fsp3) is 0.545. The molecule has 0 unspecified atom stereocenters. The number of ether oxygens (including phenoxy) is 1. The van der Waals surface area contributed by atoms with Crippen LogP contribution in [0.1, 0.15) is 13.8 Å². The van der Waals surface area contributed by atoms with Crippen molar-refractivity contribution in [3.05, 3.63) is 22.6 Å². The molecule has 0 aliphatic heterocycles. The molecular weight excluding hydrogens is 256 g/mol. The summed E-state index contributed by atoms with van der Waals surface area (Å²) in [5, 5.41) is 9.02. The van der Waals surface area contributed by atoms with Crippen molar-refractivity contribution in [1.82, 2.24) is 9.55 Å². The highest BCUT2D eigenvalue weighted by atomic mass is 32.2. The zero-order valence-corrected chi connectivity index (χ0v) is 11.1. The molecule has 0 saturated heterocycles. The fourth-order valence-corrected chi connectivity index (χ4v) is 1.94. The highest BCUT2D eigenvalue weighted by Crippen LogP contribution is 2.13. The van der Waals surface area contributed by atoms with Gasteiger partial charge < -0.3 is 14.4 Å². The van der Waals surface area contributed by atoms with E-state index in [0.717, 1.165) is 11.8 Å². The minimum absolute atomic E-state index is 0.124. The molecule has 1 aromatic heterocycles. The Labute approximate surface area is 109 Å². The first-order chi connectivity index (χ1) is 8.49.